The second-order valence-electron chi connectivity index (χ2n) is 3.35. The van der Waals surface area contributed by atoms with E-state index in [0.29, 0.717) is 10.7 Å². The number of hydrogen-bond acceptors (Lipinski definition) is 5. The summed E-state index contributed by atoms with van der Waals surface area (Å²) < 4.78 is 26.3. The molecule has 0 atom stereocenters. The van der Waals surface area contributed by atoms with Crippen molar-refractivity contribution < 1.29 is 13.5 Å². The minimum atomic E-state index is -3.61. The fourth-order valence-electron chi connectivity index (χ4n) is 1.24. The third-order valence-corrected chi connectivity index (χ3v) is 4.72. The Balaban J connectivity index is 2.29. The standard InChI is InChI=1S/C10H10N2O3S2/c1-7-11-6-10(16-7)17(14,15)12-8-3-2-4-9(13)5-8/h2-6,12-13H,1H3. The number of hydrogen-bond donors (Lipinski definition) is 2. The van der Waals surface area contributed by atoms with Gasteiger partial charge in [-0.05, 0) is 19.1 Å². The molecular formula is C10H10N2O3S2. The van der Waals surface area contributed by atoms with Crippen molar-refractivity contribution in [1.82, 2.24) is 4.98 Å². The summed E-state index contributed by atoms with van der Waals surface area (Å²) in [6, 6.07) is 5.93. The smallest absolute Gasteiger partial charge is 0.273 e. The Morgan fingerprint density at radius 3 is 2.76 bits per heavy atom. The number of aromatic hydroxyl groups is 1. The normalized spacial score (nSPS) is 11.4. The maximum Gasteiger partial charge on any atom is 0.273 e. The highest BCUT2D eigenvalue weighted by molar-refractivity contribution is 7.94. The van der Waals surface area contributed by atoms with E-state index < -0.39 is 10.0 Å². The van der Waals surface area contributed by atoms with Gasteiger partial charge in [0.2, 0.25) is 0 Å². The number of thiazole rings is 1. The van der Waals surface area contributed by atoms with Gasteiger partial charge in [0.25, 0.3) is 10.0 Å². The van der Waals surface area contributed by atoms with Gasteiger partial charge < -0.3 is 5.11 Å². The van der Waals surface area contributed by atoms with Gasteiger partial charge in [-0.15, -0.1) is 11.3 Å². The van der Waals surface area contributed by atoms with Crippen LogP contribution in [0.4, 0.5) is 5.69 Å². The molecule has 1 aromatic carbocycles. The summed E-state index contributed by atoms with van der Waals surface area (Å²) in [6.07, 6.45) is 1.31. The molecule has 0 radical (unpaired) electrons. The minimum Gasteiger partial charge on any atom is -0.508 e. The van der Waals surface area contributed by atoms with Crippen molar-refractivity contribution in [1.29, 1.82) is 0 Å². The van der Waals surface area contributed by atoms with Crippen LogP contribution in [0.15, 0.2) is 34.7 Å². The van der Waals surface area contributed by atoms with E-state index in [-0.39, 0.29) is 9.96 Å². The number of phenolic OH excluding ortho intramolecular Hbond substituents is 1. The van der Waals surface area contributed by atoms with Crippen molar-refractivity contribution in [3.05, 3.63) is 35.5 Å². The number of nitrogens with zero attached hydrogens (tertiary/aromatic N) is 1. The summed E-state index contributed by atoms with van der Waals surface area (Å²) in [5.41, 5.74) is 0.316. The highest BCUT2D eigenvalue weighted by atomic mass is 32.2. The molecule has 0 amide bonds. The third kappa shape index (κ3) is 2.75. The van der Waals surface area contributed by atoms with Crippen molar-refractivity contribution in [2.45, 2.75) is 11.1 Å². The summed E-state index contributed by atoms with van der Waals surface area (Å²) in [5.74, 6) is 0.00526. The van der Waals surface area contributed by atoms with E-state index in [0.717, 1.165) is 11.3 Å². The first-order chi connectivity index (χ1) is 7.97. The minimum absolute atomic E-state index is 0.00526. The molecule has 0 fully saturated rings. The Bertz CT molecular complexity index is 635. The molecule has 7 heteroatoms. The molecule has 0 aliphatic carbocycles. The van der Waals surface area contributed by atoms with Gasteiger partial charge in [0, 0.05) is 6.07 Å². The summed E-state index contributed by atoms with van der Waals surface area (Å²) in [7, 11) is -3.61. The zero-order valence-corrected chi connectivity index (χ0v) is 10.5. The Kier molecular flexibility index (Phi) is 3.03. The van der Waals surface area contributed by atoms with Crippen LogP contribution in [0.25, 0.3) is 0 Å². The molecule has 0 saturated carbocycles. The Morgan fingerprint density at radius 2 is 2.18 bits per heavy atom. The van der Waals surface area contributed by atoms with Gasteiger partial charge in [-0.3, -0.25) is 4.72 Å². The van der Waals surface area contributed by atoms with Crippen molar-refractivity contribution in [2.75, 3.05) is 4.72 Å². The van der Waals surface area contributed by atoms with E-state index in [1.165, 1.54) is 18.3 Å². The second kappa shape index (κ2) is 4.34. The van der Waals surface area contributed by atoms with Crippen LogP contribution in [0.5, 0.6) is 5.75 Å². The maximum absolute atomic E-state index is 11.9. The van der Waals surface area contributed by atoms with E-state index >= 15 is 0 Å². The van der Waals surface area contributed by atoms with Crippen LogP contribution >= 0.6 is 11.3 Å². The van der Waals surface area contributed by atoms with Crippen LogP contribution in [0, 0.1) is 6.92 Å². The largest absolute Gasteiger partial charge is 0.508 e. The topological polar surface area (TPSA) is 79.3 Å². The summed E-state index contributed by atoms with van der Waals surface area (Å²) in [4.78, 5) is 3.89. The first-order valence-electron chi connectivity index (χ1n) is 4.72. The SMILES string of the molecule is Cc1ncc(S(=O)(=O)Nc2cccc(O)c2)s1. The van der Waals surface area contributed by atoms with Gasteiger partial charge in [0.05, 0.1) is 16.9 Å². The van der Waals surface area contributed by atoms with Crippen LogP contribution in [-0.4, -0.2) is 18.5 Å². The molecule has 5 nitrogen and oxygen atoms in total. The molecule has 90 valence electrons. The quantitative estimate of drug-likeness (QED) is 0.893. The lowest BCUT2D eigenvalue weighted by Gasteiger charge is -2.05. The Labute approximate surface area is 103 Å². The third-order valence-electron chi connectivity index (χ3n) is 1.96. The van der Waals surface area contributed by atoms with Gasteiger partial charge in [-0.25, -0.2) is 13.4 Å². The summed E-state index contributed by atoms with van der Waals surface area (Å²) >= 11 is 1.09. The number of nitrogens with one attached hydrogen (secondary N) is 1. The molecular weight excluding hydrogens is 260 g/mol. The van der Waals surface area contributed by atoms with Crippen molar-refractivity contribution in [2.24, 2.45) is 0 Å². The second-order valence-corrected chi connectivity index (χ2v) is 6.50. The van der Waals surface area contributed by atoms with Crippen molar-refractivity contribution in [3.8, 4) is 5.75 Å². The van der Waals surface area contributed by atoms with Crippen molar-refractivity contribution in [3.63, 3.8) is 0 Å². The molecule has 2 aromatic rings. The number of anilines is 1. The van der Waals surface area contributed by atoms with E-state index in [1.807, 2.05) is 0 Å². The number of aromatic nitrogens is 1. The zero-order valence-electron chi connectivity index (χ0n) is 8.91. The molecule has 0 spiro atoms. The fraction of sp³-hybridized carbons (Fsp3) is 0.100. The number of benzene rings is 1. The van der Waals surface area contributed by atoms with Gasteiger partial charge in [-0.2, -0.15) is 0 Å². The average Bonchev–Trinajstić information content (AvgIpc) is 2.65. The van der Waals surface area contributed by atoms with Gasteiger partial charge in [-0.1, -0.05) is 6.07 Å². The molecule has 1 aromatic heterocycles. The first kappa shape index (κ1) is 11.9. The van der Waals surface area contributed by atoms with Crippen molar-refractivity contribution >= 4 is 27.0 Å². The van der Waals surface area contributed by atoms with Crippen LogP contribution in [-0.2, 0) is 10.0 Å². The number of rotatable bonds is 3. The van der Waals surface area contributed by atoms with Gasteiger partial charge in [0.15, 0.2) is 4.21 Å². The molecule has 0 saturated heterocycles. The Hall–Kier alpha value is -1.60. The van der Waals surface area contributed by atoms with Crippen LogP contribution in [0.1, 0.15) is 5.01 Å². The molecule has 17 heavy (non-hydrogen) atoms. The number of aryl methyl sites for hydroxylation is 1. The Morgan fingerprint density at radius 1 is 1.41 bits per heavy atom. The molecule has 0 aliphatic rings. The predicted octanol–water partition coefficient (Wildman–Crippen LogP) is 1.96. The highest BCUT2D eigenvalue weighted by Crippen LogP contribution is 2.23. The fourth-order valence-corrected chi connectivity index (χ4v) is 3.40. The lowest BCUT2D eigenvalue weighted by atomic mass is 10.3. The summed E-state index contributed by atoms with van der Waals surface area (Å²) in [6.45, 7) is 1.73. The number of phenols is 1. The van der Waals surface area contributed by atoms with Gasteiger partial charge >= 0.3 is 0 Å². The highest BCUT2D eigenvalue weighted by Gasteiger charge is 2.17. The van der Waals surface area contributed by atoms with Gasteiger partial charge in [0.1, 0.15) is 5.75 Å². The van der Waals surface area contributed by atoms with Crippen LogP contribution in [0.3, 0.4) is 0 Å². The first-order valence-corrected chi connectivity index (χ1v) is 7.01. The monoisotopic (exact) mass is 270 g/mol. The van der Waals surface area contributed by atoms with Crippen LogP contribution in [0.2, 0.25) is 0 Å². The number of sulfonamides is 1. The summed E-state index contributed by atoms with van der Waals surface area (Å²) in [5, 5.41) is 9.92. The molecule has 0 bridgehead atoms. The zero-order chi connectivity index (χ0) is 12.5. The molecule has 2 N–H and O–H groups in total. The predicted molar refractivity (Wildman–Crippen MR) is 65.8 cm³/mol. The molecule has 0 unspecified atom stereocenters. The van der Waals surface area contributed by atoms with Crippen LogP contribution < -0.4 is 4.72 Å². The van der Waals surface area contributed by atoms with E-state index in [1.54, 1.807) is 19.1 Å². The molecule has 2 rings (SSSR count). The van der Waals surface area contributed by atoms with E-state index in [9.17, 15) is 13.5 Å². The lowest BCUT2D eigenvalue weighted by Crippen LogP contribution is -2.11. The maximum atomic E-state index is 11.9. The average molecular weight is 270 g/mol. The van der Waals surface area contributed by atoms with E-state index in [2.05, 4.69) is 9.71 Å². The molecule has 0 aliphatic heterocycles. The van der Waals surface area contributed by atoms with E-state index in [4.69, 9.17) is 0 Å². The molecule has 1 heterocycles. The lowest BCUT2D eigenvalue weighted by molar-refractivity contribution is 0.475.